The first kappa shape index (κ1) is 17.2. The van der Waals surface area contributed by atoms with Crippen molar-refractivity contribution in [2.75, 3.05) is 52.6 Å². The van der Waals surface area contributed by atoms with Crippen molar-refractivity contribution in [3.63, 3.8) is 0 Å². The van der Waals surface area contributed by atoms with Crippen molar-refractivity contribution in [3.8, 4) is 0 Å². The minimum absolute atomic E-state index is 0.0281. The Morgan fingerprint density at radius 1 is 1.17 bits per heavy atom. The van der Waals surface area contributed by atoms with E-state index in [9.17, 15) is 14.0 Å². The zero-order valence-electron chi connectivity index (χ0n) is 13.8. The van der Waals surface area contributed by atoms with E-state index in [4.69, 9.17) is 0 Å². The summed E-state index contributed by atoms with van der Waals surface area (Å²) >= 11 is 0. The summed E-state index contributed by atoms with van der Waals surface area (Å²) in [6.45, 7) is 2.95. The van der Waals surface area contributed by atoms with Gasteiger partial charge in [-0.15, -0.1) is 0 Å². The summed E-state index contributed by atoms with van der Waals surface area (Å²) in [6, 6.07) is 3.64. The van der Waals surface area contributed by atoms with Gasteiger partial charge in [-0.25, -0.2) is 9.18 Å². The number of anilines is 1. The quantitative estimate of drug-likeness (QED) is 0.902. The predicted octanol–water partition coefficient (Wildman–Crippen LogP) is 1.70. The normalized spacial score (nSPS) is 15.9. The Morgan fingerprint density at radius 3 is 2.61 bits per heavy atom. The predicted molar refractivity (Wildman–Crippen MR) is 87.1 cm³/mol. The lowest BCUT2D eigenvalue weighted by Crippen LogP contribution is -2.37. The number of urea groups is 1. The second-order valence-corrected chi connectivity index (χ2v) is 5.97. The van der Waals surface area contributed by atoms with Crippen LogP contribution < -0.4 is 5.32 Å². The molecule has 0 aliphatic carbocycles. The summed E-state index contributed by atoms with van der Waals surface area (Å²) in [5.74, 6) is -0.794. The molecule has 6 nitrogen and oxygen atoms in total. The number of amides is 3. The molecule has 0 unspecified atom stereocenters. The zero-order valence-corrected chi connectivity index (χ0v) is 13.8. The first-order chi connectivity index (χ1) is 10.9. The Bertz CT molecular complexity index is 591. The number of hydrogen-bond acceptors (Lipinski definition) is 3. The molecule has 1 heterocycles. The van der Waals surface area contributed by atoms with Gasteiger partial charge in [0.1, 0.15) is 5.82 Å². The Kier molecular flexibility index (Phi) is 5.54. The maximum atomic E-state index is 13.9. The molecule has 0 spiro atoms. The van der Waals surface area contributed by atoms with Crippen LogP contribution in [0.5, 0.6) is 0 Å². The van der Waals surface area contributed by atoms with Crippen molar-refractivity contribution >= 4 is 17.6 Å². The number of halogens is 1. The van der Waals surface area contributed by atoms with Crippen molar-refractivity contribution in [2.45, 2.75) is 6.42 Å². The summed E-state index contributed by atoms with van der Waals surface area (Å²) in [4.78, 5) is 29.5. The van der Waals surface area contributed by atoms with Gasteiger partial charge in [0, 0.05) is 39.3 Å². The van der Waals surface area contributed by atoms with E-state index < -0.39 is 5.82 Å². The Morgan fingerprint density at radius 2 is 1.91 bits per heavy atom. The van der Waals surface area contributed by atoms with Crippen LogP contribution in [0.2, 0.25) is 0 Å². The number of carbonyl (C=O) groups is 2. The molecule has 2 rings (SSSR count). The van der Waals surface area contributed by atoms with E-state index in [0.717, 1.165) is 19.5 Å². The minimum Gasteiger partial charge on any atom is -0.345 e. The van der Waals surface area contributed by atoms with E-state index in [-0.39, 0.29) is 17.6 Å². The van der Waals surface area contributed by atoms with Gasteiger partial charge in [-0.1, -0.05) is 0 Å². The molecule has 0 radical (unpaired) electrons. The number of carbonyl (C=O) groups excluding carboxylic acids is 2. The number of benzene rings is 1. The number of hydrogen-bond donors (Lipinski definition) is 1. The largest absolute Gasteiger partial charge is 0.345 e. The molecule has 1 aliphatic heterocycles. The third-order valence-corrected chi connectivity index (χ3v) is 3.87. The van der Waals surface area contributed by atoms with Crippen molar-refractivity contribution in [1.29, 1.82) is 0 Å². The van der Waals surface area contributed by atoms with Gasteiger partial charge < -0.3 is 20.0 Å². The standard InChI is InChI=1S/C16H23FN4O2/c1-19(2)15(22)12-5-6-13(17)14(11-12)18-16(23)21-8-4-7-20(3)9-10-21/h5-6,11H,4,7-10H2,1-3H3,(H,18,23). The molecule has 1 saturated heterocycles. The molecule has 23 heavy (non-hydrogen) atoms. The Hall–Kier alpha value is -2.15. The second-order valence-electron chi connectivity index (χ2n) is 5.97. The molecule has 0 aromatic heterocycles. The Labute approximate surface area is 135 Å². The van der Waals surface area contributed by atoms with Crippen molar-refractivity contribution in [3.05, 3.63) is 29.6 Å². The van der Waals surface area contributed by atoms with Crippen LogP contribution in [0.15, 0.2) is 18.2 Å². The molecular formula is C16H23FN4O2. The highest BCUT2D eigenvalue weighted by molar-refractivity contribution is 5.96. The number of nitrogens with one attached hydrogen (secondary N) is 1. The topological polar surface area (TPSA) is 55.9 Å². The van der Waals surface area contributed by atoms with Gasteiger partial charge in [0.25, 0.3) is 5.91 Å². The first-order valence-electron chi connectivity index (χ1n) is 7.64. The van der Waals surface area contributed by atoms with Gasteiger partial charge in [0.2, 0.25) is 0 Å². The van der Waals surface area contributed by atoms with Crippen LogP contribution in [0.25, 0.3) is 0 Å². The van der Waals surface area contributed by atoms with E-state index in [1.807, 2.05) is 7.05 Å². The average Bonchev–Trinajstić information content (AvgIpc) is 2.73. The molecule has 1 aliphatic rings. The molecule has 7 heteroatoms. The summed E-state index contributed by atoms with van der Waals surface area (Å²) in [5.41, 5.74) is 0.364. The Balaban J connectivity index is 2.11. The van der Waals surface area contributed by atoms with Crippen LogP contribution in [0.4, 0.5) is 14.9 Å². The second kappa shape index (κ2) is 7.41. The van der Waals surface area contributed by atoms with Crippen molar-refractivity contribution in [2.24, 2.45) is 0 Å². The van der Waals surface area contributed by atoms with E-state index in [1.54, 1.807) is 19.0 Å². The molecule has 0 bridgehead atoms. The summed E-state index contributed by atoms with van der Waals surface area (Å²) in [5, 5.41) is 2.58. The third kappa shape index (κ3) is 4.41. The molecule has 126 valence electrons. The molecule has 1 N–H and O–H groups in total. The van der Waals surface area contributed by atoms with E-state index in [1.165, 1.54) is 23.1 Å². The molecule has 0 saturated carbocycles. The highest BCUT2D eigenvalue weighted by Gasteiger charge is 2.19. The van der Waals surface area contributed by atoms with Crippen LogP contribution in [0.1, 0.15) is 16.8 Å². The highest BCUT2D eigenvalue weighted by atomic mass is 19.1. The maximum Gasteiger partial charge on any atom is 0.321 e. The van der Waals surface area contributed by atoms with E-state index >= 15 is 0 Å². The summed E-state index contributed by atoms with van der Waals surface area (Å²) < 4.78 is 13.9. The number of likely N-dealkylation sites (N-methyl/N-ethyl adjacent to an activating group) is 1. The van der Waals surface area contributed by atoms with Crippen molar-refractivity contribution in [1.82, 2.24) is 14.7 Å². The van der Waals surface area contributed by atoms with Gasteiger partial charge in [0.15, 0.2) is 0 Å². The fraction of sp³-hybridized carbons (Fsp3) is 0.500. The average molecular weight is 322 g/mol. The minimum atomic E-state index is -0.555. The van der Waals surface area contributed by atoms with Gasteiger partial charge in [-0.05, 0) is 38.2 Å². The third-order valence-electron chi connectivity index (χ3n) is 3.87. The fourth-order valence-electron chi connectivity index (χ4n) is 2.46. The van der Waals surface area contributed by atoms with Crippen molar-refractivity contribution < 1.29 is 14.0 Å². The monoisotopic (exact) mass is 322 g/mol. The number of rotatable bonds is 2. The molecule has 1 aromatic carbocycles. The molecule has 1 fully saturated rings. The number of nitrogens with zero attached hydrogens (tertiary/aromatic N) is 3. The van der Waals surface area contributed by atoms with Gasteiger partial charge in [-0.2, -0.15) is 0 Å². The molecule has 0 atom stereocenters. The lowest BCUT2D eigenvalue weighted by Gasteiger charge is -2.21. The summed E-state index contributed by atoms with van der Waals surface area (Å²) in [6.07, 6.45) is 0.881. The lowest BCUT2D eigenvalue weighted by atomic mass is 10.1. The lowest BCUT2D eigenvalue weighted by molar-refractivity contribution is 0.0827. The zero-order chi connectivity index (χ0) is 17.0. The van der Waals surface area contributed by atoms with Crippen LogP contribution in [0, 0.1) is 5.82 Å². The summed E-state index contributed by atoms with van der Waals surface area (Å²) in [7, 11) is 5.26. The maximum absolute atomic E-state index is 13.9. The molecule has 3 amide bonds. The van der Waals surface area contributed by atoms with Crippen LogP contribution in [-0.2, 0) is 0 Å². The molecule has 1 aromatic rings. The molecular weight excluding hydrogens is 299 g/mol. The smallest absolute Gasteiger partial charge is 0.321 e. The van der Waals surface area contributed by atoms with Crippen LogP contribution in [-0.4, -0.2) is 74.0 Å². The van der Waals surface area contributed by atoms with Gasteiger partial charge >= 0.3 is 6.03 Å². The van der Waals surface area contributed by atoms with Crippen LogP contribution >= 0.6 is 0 Å². The SMILES string of the molecule is CN1CCCN(C(=O)Nc2cc(C(=O)N(C)C)ccc2F)CC1. The van der Waals surface area contributed by atoms with E-state index in [0.29, 0.717) is 18.7 Å². The van der Waals surface area contributed by atoms with Crippen LogP contribution in [0.3, 0.4) is 0 Å². The van der Waals surface area contributed by atoms with E-state index in [2.05, 4.69) is 10.2 Å². The van der Waals surface area contributed by atoms with Gasteiger partial charge in [-0.3, -0.25) is 4.79 Å². The van der Waals surface area contributed by atoms with Gasteiger partial charge in [0.05, 0.1) is 5.69 Å². The first-order valence-corrected chi connectivity index (χ1v) is 7.64. The fourth-order valence-corrected chi connectivity index (χ4v) is 2.46. The highest BCUT2D eigenvalue weighted by Crippen LogP contribution is 2.18.